The summed E-state index contributed by atoms with van der Waals surface area (Å²) in [6.45, 7) is 4.65. The first-order valence-corrected chi connectivity index (χ1v) is 7.38. The van der Waals surface area contributed by atoms with Crippen LogP contribution in [0.1, 0.15) is 17.0 Å². The highest BCUT2D eigenvalue weighted by molar-refractivity contribution is 5.57. The Balaban J connectivity index is 1.96. The van der Waals surface area contributed by atoms with E-state index in [1.807, 2.05) is 39.1 Å². The van der Waals surface area contributed by atoms with Crippen molar-refractivity contribution >= 4 is 5.82 Å². The zero-order chi connectivity index (χ0) is 16.2. The molecule has 0 spiro atoms. The van der Waals surface area contributed by atoms with Gasteiger partial charge in [0.25, 0.3) is 0 Å². The quantitative estimate of drug-likeness (QED) is 0.738. The molecule has 3 aromatic rings. The largest absolute Gasteiger partial charge is 0.353 e. The second-order valence-electron chi connectivity index (χ2n) is 5.35. The van der Waals surface area contributed by atoms with E-state index in [0.29, 0.717) is 12.4 Å². The van der Waals surface area contributed by atoms with Crippen molar-refractivity contribution in [3.8, 4) is 11.5 Å². The van der Waals surface area contributed by atoms with E-state index < -0.39 is 0 Å². The minimum atomic E-state index is 0.632. The molecule has 3 heterocycles. The Bertz CT molecular complexity index is 789. The third-order valence-electron chi connectivity index (χ3n) is 3.63. The molecular weight excluding hydrogens is 288 g/mol. The van der Waals surface area contributed by atoms with E-state index in [4.69, 9.17) is 4.98 Å². The molecule has 3 rings (SSSR count). The molecule has 3 aromatic heterocycles. The van der Waals surface area contributed by atoms with Crippen molar-refractivity contribution in [1.82, 2.24) is 24.9 Å². The van der Waals surface area contributed by atoms with E-state index in [9.17, 15) is 0 Å². The summed E-state index contributed by atoms with van der Waals surface area (Å²) in [7, 11) is 1.99. The van der Waals surface area contributed by atoms with Gasteiger partial charge >= 0.3 is 0 Å². The summed E-state index contributed by atoms with van der Waals surface area (Å²) < 4.78 is 0. The van der Waals surface area contributed by atoms with Crippen molar-refractivity contribution in [2.24, 2.45) is 0 Å². The van der Waals surface area contributed by atoms with E-state index in [0.717, 1.165) is 28.5 Å². The van der Waals surface area contributed by atoms with Gasteiger partial charge in [-0.25, -0.2) is 9.97 Å². The molecule has 6 nitrogen and oxygen atoms in total. The lowest BCUT2D eigenvalue weighted by molar-refractivity contribution is 0.842. The first-order chi connectivity index (χ1) is 11.1. The van der Waals surface area contributed by atoms with Gasteiger partial charge in [0.15, 0.2) is 5.82 Å². The van der Waals surface area contributed by atoms with Crippen LogP contribution in [0, 0.1) is 13.8 Å². The van der Waals surface area contributed by atoms with Crippen molar-refractivity contribution in [1.29, 1.82) is 0 Å². The number of aryl methyl sites for hydroxylation is 1. The van der Waals surface area contributed by atoms with Gasteiger partial charge in [-0.05, 0) is 26.0 Å². The predicted molar refractivity (Wildman–Crippen MR) is 88.9 cm³/mol. The van der Waals surface area contributed by atoms with Gasteiger partial charge in [-0.15, -0.1) is 0 Å². The minimum Gasteiger partial charge on any atom is -0.353 e. The molecule has 0 saturated carbocycles. The normalized spacial score (nSPS) is 10.6. The third-order valence-corrected chi connectivity index (χ3v) is 3.63. The van der Waals surface area contributed by atoms with Gasteiger partial charge < -0.3 is 4.90 Å². The van der Waals surface area contributed by atoms with Gasteiger partial charge in [0.05, 0.1) is 18.4 Å². The molecule has 0 fully saturated rings. The van der Waals surface area contributed by atoms with E-state index >= 15 is 0 Å². The maximum Gasteiger partial charge on any atom is 0.180 e. The lowest BCUT2D eigenvalue weighted by Crippen LogP contribution is -2.21. The Labute approximate surface area is 135 Å². The SMILES string of the molecule is Cc1nc(-c2ccccn2)nc(N(C)Cc2cnccn2)c1C. The number of rotatable bonds is 4. The topological polar surface area (TPSA) is 67.7 Å². The first kappa shape index (κ1) is 15.0. The van der Waals surface area contributed by atoms with Crippen LogP contribution in [0.2, 0.25) is 0 Å². The number of anilines is 1. The lowest BCUT2D eigenvalue weighted by Gasteiger charge is -2.21. The standard InChI is InChI=1S/C17H18N6/c1-12-13(2)21-16(15-6-4-5-7-20-15)22-17(12)23(3)11-14-10-18-8-9-19-14/h4-10H,11H2,1-3H3. The zero-order valence-electron chi connectivity index (χ0n) is 13.4. The van der Waals surface area contributed by atoms with Crippen molar-refractivity contribution in [2.75, 3.05) is 11.9 Å². The van der Waals surface area contributed by atoms with Gasteiger partial charge in [-0.1, -0.05) is 6.07 Å². The Morgan fingerprint density at radius 3 is 2.57 bits per heavy atom. The average molecular weight is 306 g/mol. The summed E-state index contributed by atoms with van der Waals surface area (Å²) in [6, 6.07) is 5.73. The van der Waals surface area contributed by atoms with Crippen LogP contribution in [-0.4, -0.2) is 32.0 Å². The van der Waals surface area contributed by atoms with Gasteiger partial charge in [0, 0.05) is 36.9 Å². The number of aromatic nitrogens is 5. The summed E-state index contributed by atoms with van der Waals surface area (Å²) in [5.74, 6) is 1.51. The lowest BCUT2D eigenvalue weighted by atomic mass is 10.2. The third kappa shape index (κ3) is 3.31. The molecule has 0 radical (unpaired) electrons. The van der Waals surface area contributed by atoms with Crippen LogP contribution >= 0.6 is 0 Å². The number of pyridine rings is 1. The molecular formula is C17H18N6. The van der Waals surface area contributed by atoms with Crippen LogP contribution in [0.15, 0.2) is 43.0 Å². The highest BCUT2D eigenvalue weighted by atomic mass is 15.2. The van der Waals surface area contributed by atoms with Crippen molar-refractivity contribution in [3.63, 3.8) is 0 Å². The fourth-order valence-electron chi connectivity index (χ4n) is 2.32. The highest BCUT2D eigenvalue weighted by Crippen LogP contribution is 2.23. The van der Waals surface area contributed by atoms with Crippen LogP contribution in [0.4, 0.5) is 5.82 Å². The second kappa shape index (κ2) is 6.48. The van der Waals surface area contributed by atoms with Crippen LogP contribution in [0.3, 0.4) is 0 Å². The van der Waals surface area contributed by atoms with Crippen molar-refractivity contribution in [2.45, 2.75) is 20.4 Å². The van der Waals surface area contributed by atoms with Crippen molar-refractivity contribution < 1.29 is 0 Å². The average Bonchev–Trinajstić information content (AvgIpc) is 2.58. The second-order valence-corrected chi connectivity index (χ2v) is 5.35. The van der Waals surface area contributed by atoms with Gasteiger partial charge in [0.2, 0.25) is 0 Å². The Hall–Kier alpha value is -2.89. The van der Waals surface area contributed by atoms with Crippen LogP contribution in [0.5, 0.6) is 0 Å². The number of nitrogens with zero attached hydrogens (tertiary/aromatic N) is 6. The van der Waals surface area contributed by atoms with Crippen molar-refractivity contribution in [3.05, 3.63) is 59.9 Å². The Kier molecular flexibility index (Phi) is 4.23. The summed E-state index contributed by atoms with van der Waals surface area (Å²) in [5, 5.41) is 0. The molecule has 0 amide bonds. The van der Waals surface area contributed by atoms with Crippen LogP contribution < -0.4 is 4.90 Å². The van der Waals surface area contributed by atoms with Gasteiger partial charge in [-0.2, -0.15) is 0 Å². The number of hydrogen-bond acceptors (Lipinski definition) is 6. The maximum atomic E-state index is 4.70. The molecule has 0 saturated heterocycles. The molecule has 0 aliphatic carbocycles. The van der Waals surface area contributed by atoms with Crippen LogP contribution in [0.25, 0.3) is 11.5 Å². The van der Waals surface area contributed by atoms with Crippen LogP contribution in [-0.2, 0) is 6.54 Å². The molecule has 6 heteroatoms. The number of hydrogen-bond donors (Lipinski definition) is 0. The van der Waals surface area contributed by atoms with E-state index in [-0.39, 0.29) is 0 Å². The zero-order valence-corrected chi connectivity index (χ0v) is 13.4. The molecule has 0 atom stereocenters. The molecule has 0 unspecified atom stereocenters. The fraction of sp³-hybridized carbons (Fsp3) is 0.235. The van der Waals surface area contributed by atoms with E-state index in [1.54, 1.807) is 24.8 Å². The Morgan fingerprint density at radius 1 is 1.00 bits per heavy atom. The van der Waals surface area contributed by atoms with E-state index in [1.165, 1.54) is 0 Å². The van der Waals surface area contributed by atoms with Gasteiger partial charge in [0.1, 0.15) is 11.5 Å². The smallest absolute Gasteiger partial charge is 0.180 e. The molecule has 116 valence electrons. The predicted octanol–water partition coefficient (Wildman–Crippen LogP) is 2.58. The van der Waals surface area contributed by atoms with Gasteiger partial charge in [-0.3, -0.25) is 15.0 Å². The molecule has 0 aliphatic heterocycles. The fourth-order valence-corrected chi connectivity index (χ4v) is 2.32. The molecule has 0 aliphatic rings. The molecule has 0 N–H and O–H groups in total. The summed E-state index contributed by atoms with van der Waals surface area (Å²) in [6.07, 6.45) is 6.87. The summed E-state index contributed by atoms with van der Waals surface area (Å²) >= 11 is 0. The molecule has 23 heavy (non-hydrogen) atoms. The monoisotopic (exact) mass is 306 g/mol. The summed E-state index contributed by atoms with van der Waals surface area (Å²) in [5.41, 5.74) is 3.66. The summed E-state index contributed by atoms with van der Waals surface area (Å²) in [4.78, 5) is 24.1. The maximum absolute atomic E-state index is 4.70. The minimum absolute atomic E-state index is 0.632. The Morgan fingerprint density at radius 2 is 1.87 bits per heavy atom. The highest BCUT2D eigenvalue weighted by Gasteiger charge is 2.14. The van der Waals surface area contributed by atoms with E-state index in [2.05, 4.69) is 24.8 Å². The molecule has 0 aromatic carbocycles. The first-order valence-electron chi connectivity index (χ1n) is 7.38. The molecule has 0 bridgehead atoms.